The topological polar surface area (TPSA) is 77.8 Å². The van der Waals surface area contributed by atoms with Crippen molar-refractivity contribution >= 4 is 22.3 Å². The summed E-state index contributed by atoms with van der Waals surface area (Å²) in [5, 5.41) is 3.60. The number of H-pyrrole nitrogens is 2. The quantitative estimate of drug-likeness (QED) is 0.653. The van der Waals surface area contributed by atoms with Gasteiger partial charge < -0.3 is 10.3 Å². The average Bonchev–Trinajstić information content (AvgIpc) is 2.39. The van der Waals surface area contributed by atoms with E-state index in [1.54, 1.807) is 18.2 Å². The highest BCUT2D eigenvalue weighted by Gasteiger charge is 2.06. The fourth-order valence-corrected chi connectivity index (χ4v) is 2.00. The molecular weight excluding hydrogens is 242 g/mol. The van der Waals surface area contributed by atoms with Gasteiger partial charge in [-0.25, -0.2) is 4.79 Å². The number of benzene rings is 2. The maximum absolute atomic E-state index is 11.9. The summed E-state index contributed by atoms with van der Waals surface area (Å²) in [7, 11) is 0. The van der Waals surface area contributed by atoms with Gasteiger partial charge in [-0.2, -0.15) is 0 Å². The molecule has 3 aromatic rings. The van der Waals surface area contributed by atoms with Crippen LogP contribution in [-0.2, 0) is 0 Å². The van der Waals surface area contributed by atoms with E-state index in [-0.39, 0.29) is 0 Å². The first kappa shape index (κ1) is 11.3. The van der Waals surface area contributed by atoms with Gasteiger partial charge in [0.2, 0.25) is 0 Å². The number of para-hydroxylation sites is 1. The van der Waals surface area contributed by atoms with E-state index in [0.29, 0.717) is 16.6 Å². The molecule has 0 spiro atoms. The molecule has 0 amide bonds. The summed E-state index contributed by atoms with van der Waals surface area (Å²) in [6.07, 6.45) is 0. The largest absolute Gasteiger partial charge is 0.355 e. The summed E-state index contributed by atoms with van der Waals surface area (Å²) in [4.78, 5) is 28.0. The zero-order valence-electron chi connectivity index (χ0n) is 9.94. The Hall–Kier alpha value is -2.82. The standard InChI is InChI=1S/C14H11N3O2/c18-13-12-10(15-9-5-2-1-3-6-9)7-4-8-11(12)16-14(19)17-13/h1-8,15H,(H2,16,17,18,19). The molecule has 19 heavy (non-hydrogen) atoms. The Labute approximate surface area is 107 Å². The summed E-state index contributed by atoms with van der Waals surface area (Å²) in [6, 6.07) is 14.8. The fraction of sp³-hybridized carbons (Fsp3) is 0. The summed E-state index contributed by atoms with van der Waals surface area (Å²) in [5.74, 6) is 0. The van der Waals surface area contributed by atoms with Gasteiger partial charge in [0.1, 0.15) is 0 Å². The highest BCUT2D eigenvalue weighted by Crippen LogP contribution is 2.21. The molecule has 0 bridgehead atoms. The molecule has 0 unspecified atom stereocenters. The molecule has 94 valence electrons. The average molecular weight is 253 g/mol. The van der Waals surface area contributed by atoms with Gasteiger partial charge in [-0.15, -0.1) is 0 Å². The molecule has 1 aromatic heterocycles. The number of rotatable bonds is 2. The predicted octanol–water partition coefficient (Wildman–Crippen LogP) is 1.96. The molecule has 0 radical (unpaired) electrons. The van der Waals surface area contributed by atoms with Crippen LogP contribution < -0.4 is 16.6 Å². The first-order valence-corrected chi connectivity index (χ1v) is 5.81. The van der Waals surface area contributed by atoms with Crippen LogP contribution in [0.2, 0.25) is 0 Å². The number of aromatic nitrogens is 2. The molecule has 3 rings (SSSR count). The van der Waals surface area contributed by atoms with E-state index in [1.807, 2.05) is 30.3 Å². The molecule has 0 aliphatic rings. The molecule has 0 aliphatic heterocycles. The van der Waals surface area contributed by atoms with Gasteiger partial charge in [-0.05, 0) is 24.3 Å². The zero-order chi connectivity index (χ0) is 13.2. The first-order chi connectivity index (χ1) is 9.24. The third-order valence-electron chi connectivity index (χ3n) is 2.82. The van der Waals surface area contributed by atoms with Crippen LogP contribution in [0.15, 0.2) is 58.1 Å². The normalized spacial score (nSPS) is 10.5. The molecule has 0 aliphatic carbocycles. The maximum Gasteiger partial charge on any atom is 0.326 e. The zero-order valence-corrected chi connectivity index (χ0v) is 9.94. The minimum atomic E-state index is -0.505. The molecule has 5 nitrogen and oxygen atoms in total. The van der Waals surface area contributed by atoms with E-state index in [0.717, 1.165) is 5.69 Å². The van der Waals surface area contributed by atoms with Crippen LogP contribution in [0.4, 0.5) is 11.4 Å². The van der Waals surface area contributed by atoms with E-state index < -0.39 is 11.2 Å². The minimum Gasteiger partial charge on any atom is -0.355 e. The van der Waals surface area contributed by atoms with Crippen molar-refractivity contribution in [1.29, 1.82) is 0 Å². The minimum absolute atomic E-state index is 0.405. The van der Waals surface area contributed by atoms with Gasteiger partial charge in [0.25, 0.3) is 5.56 Å². The summed E-state index contributed by atoms with van der Waals surface area (Å²) in [5.41, 5.74) is 1.13. The Kier molecular flexibility index (Phi) is 2.64. The molecule has 3 N–H and O–H groups in total. The SMILES string of the molecule is O=c1[nH]c(=O)c2c(Nc3ccccc3)cccc2[nH]1. The highest BCUT2D eigenvalue weighted by atomic mass is 16.2. The lowest BCUT2D eigenvalue weighted by molar-refractivity contribution is 1.08. The Morgan fingerprint density at radius 3 is 2.42 bits per heavy atom. The van der Waals surface area contributed by atoms with Gasteiger partial charge >= 0.3 is 5.69 Å². The second-order valence-electron chi connectivity index (χ2n) is 4.13. The Morgan fingerprint density at radius 2 is 1.63 bits per heavy atom. The van der Waals surface area contributed by atoms with Crippen LogP contribution in [0.3, 0.4) is 0 Å². The molecule has 0 fully saturated rings. The van der Waals surface area contributed by atoms with E-state index >= 15 is 0 Å². The van der Waals surface area contributed by atoms with Gasteiger partial charge in [-0.1, -0.05) is 24.3 Å². The molecule has 0 atom stereocenters. The van der Waals surface area contributed by atoms with Crippen molar-refractivity contribution in [2.75, 3.05) is 5.32 Å². The van der Waals surface area contributed by atoms with Crippen molar-refractivity contribution in [2.24, 2.45) is 0 Å². The Bertz CT molecular complexity index is 834. The Morgan fingerprint density at radius 1 is 0.842 bits per heavy atom. The molecule has 2 aromatic carbocycles. The molecule has 0 saturated carbocycles. The van der Waals surface area contributed by atoms with Crippen LogP contribution in [0, 0.1) is 0 Å². The maximum atomic E-state index is 11.9. The number of anilines is 2. The Balaban J connectivity index is 2.20. The fourth-order valence-electron chi connectivity index (χ4n) is 2.00. The summed E-state index contributed by atoms with van der Waals surface area (Å²) >= 11 is 0. The summed E-state index contributed by atoms with van der Waals surface area (Å²) < 4.78 is 0. The summed E-state index contributed by atoms with van der Waals surface area (Å²) in [6.45, 7) is 0. The van der Waals surface area contributed by atoms with Crippen LogP contribution in [-0.4, -0.2) is 9.97 Å². The van der Waals surface area contributed by atoms with E-state index in [4.69, 9.17) is 0 Å². The monoisotopic (exact) mass is 253 g/mol. The first-order valence-electron chi connectivity index (χ1n) is 5.81. The van der Waals surface area contributed by atoms with Gasteiger partial charge in [0.15, 0.2) is 0 Å². The second-order valence-corrected chi connectivity index (χ2v) is 4.13. The second kappa shape index (κ2) is 4.45. The third kappa shape index (κ3) is 2.13. The molecule has 1 heterocycles. The van der Waals surface area contributed by atoms with Crippen molar-refractivity contribution in [3.63, 3.8) is 0 Å². The third-order valence-corrected chi connectivity index (χ3v) is 2.82. The number of hydrogen-bond acceptors (Lipinski definition) is 3. The number of hydrogen-bond donors (Lipinski definition) is 3. The number of aromatic amines is 2. The number of nitrogens with one attached hydrogen (secondary N) is 3. The lowest BCUT2D eigenvalue weighted by Gasteiger charge is -2.08. The van der Waals surface area contributed by atoms with E-state index in [2.05, 4.69) is 15.3 Å². The van der Waals surface area contributed by atoms with Gasteiger partial charge in [0.05, 0.1) is 16.6 Å². The highest BCUT2D eigenvalue weighted by molar-refractivity contribution is 5.92. The van der Waals surface area contributed by atoms with Crippen molar-refractivity contribution in [3.8, 4) is 0 Å². The number of fused-ring (bicyclic) bond motifs is 1. The lowest BCUT2D eigenvalue weighted by Crippen LogP contribution is -2.22. The predicted molar refractivity (Wildman–Crippen MR) is 74.9 cm³/mol. The smallest absolute Gasteiger partial charge is 0.326 e. The van der Waals surface area contributed by atoms with Gasteiger partial charge in [-0.3, -0.25) is 9.78 Å². The van der Waals surface area contributed by atoms with Crippen LogP contribution >= 0.6 is 0 Å². The molecule has 0 saturated heterocycles. The van der Waals surface area contributed by atoms with Crippen molar-refractivity contribution < 1.29 is 0 Å². The van der Waals surface area contributed by atoms with Gasteiger partial charge in [0, 0.05) is 5.69 Å². The van der Waals surface area contributed by atoms with Crippen LogP contribution in [0.25, 0.3) is 10.9 Å². The molecule has 5 heteroatoms. The van der Waals surface area contributed by atoms with E-state index in [9.17, 15) is 9.59 Å². The van der Waals surface area contributed by atoms with Crippen molar-refractivity contribution in [3.05, 3.63) is 69.4 Å². The van der Waals surface area contributed by atoms with Crippen LogP contribution in [0.5, 0.6) is 0 Å². The van der Waals surface area contributed by atoms with Crippen molar-refractivity contribution in [1.82, 2.24) is 9.97 Å². The lowest BCUT2D eigenvalue weighted by atomic mass is 10.2. The van der Waals surface area contributed by atoms with Crippen LogP contribution in [0.1, 0.15) is 0 Å². The van der Waals surface area contributed by atoms with Crippen molar-refractivity contribution in [2.45, 2.75) is 0 Å². The molecular formula is C14H11N3O2. The van der Waals surface area contributed by atoms with E-state index in [1.165, 1.54) is 0 Å².